The van der Waals surface area contributed by atoms with Gasteiger partial charge in [0, 0.05) is 42.3 Å². The van der Waals surface area contributed by atoms with Crippen molar-refractivity contribution in [3.8, 4) is 0 Å². The van der Waals surface area contributed by atoms with Crippen LogP contribution in [0.2, 0.25) is 0 Å². The van der Waals surface area contributed by atoms with Gasteiger partial charge in [0.15, 0.2) is 0 Å². The molecule has 4 rings (SSSR count). The molecule has 6 heteroatoms. The Bertz CT molecular complexity index is 943. The summed E-state index contributed by atoms with van der Waals surface area (Å²) in [6.07, 6.45) is 3.86. The third-order valence-electron chi connectivity index (χ3n) is 4.89. The number of carbonyl (C=O) groups is 2. The van der Waals surface area contributed by atoms with Crippen molar-refractivity contribution in [1.29, 1.82) is 0 Å². The second-order valence-corrected chi connectivity index (χ2v) is 6.62. The smallest absolute Gasteiger partial charge is 0.229 e. The Balaban J connectivity index is 1.42. The van der Waals surface area contributed by atoms with Crippen molar-refractivity contribution >= 4 is 28.4 Å². The summed E-state index contributed by atoms with van der Waals surface area (Å²) in [5.74, 6) is 0.255. The summed E-state index contributed by atoms with van der Waals surface area (Å²) in [4.78, 5) is 26.4. The minimum Gasteiger partial charge on any atom is -0.467 e. The molecule has 0 saturated carbocycles. The number of anilines is 1. The van der Waals surface area contributed by atoms with Crippen molar-refractivity contribution in [3.05, 3.63) is 54.6 Å². The fourth-order valence-electron chi connectivity index (χ4n) is 3.49. The maximum absolute atomic E-state index is 12.6. The van der Waals surface area contributed by atoms with E-state index in [4.69, 9.17) is 4.42 Å². The molecule has 1 unspecified atom stereocenters. The van der Waals surface area contributed by atoms with E-state index >= 15 is 0 Å². The number of aromatic nitrogens is 1. The molecule has 1 fully saturated rings. The maximum Gasteiger partial charge on any atom is 0.229 e. The highest BCUT2D eigenvalue weighted by Gasteiger charge is 2.34. The molecule has 134 valence electrons. The van der Waals surface area contributed by atoms with Gasteiger partial charge in [0.1, 0.15) is 5.76 Å². The molecule has 3 heterocycles. The van der Waals surface area contributed by atoms with Gasteiger partial charge in [0.25, 0.3) is 0 Å². The van der Waals surface area contributed by atoms with Crippen molar-refractivity contribution in [1.82, 2.24) is 9.47 Å². The number of nitrogens with one attached hydrogen (secondary N) is 1. The number of hydrogen-bond donors (Lipinski definition) is 1. The van der Waals surface area contributed by atoms with E-state index in [0.29, 0.717) is 13.1 Å². The summed E-state index contributed by atoms with van der Waals surface area (Å²) >= 11 is 0. The summed E-state index contributed by atoms with van der Waals surface area (Å²) in [7, 11) is 0. The zero-order valence-corrected chi connectivity index (χ0v) is 14.6. The molecule has 1 aliphatic rings. The number of hydrogen-bond acceptors (Lipinski definition) is 3. The average Bonchev–Trinajstić information content (AvgIpc) is 3.36. The van der Waals surface area contributed by atoms with Gasteiger partial charge in [-0.25, -0.2) is 0 Å². The van der Waals surface area contributed by atoms with Crippen LogP contribution in [-0.2, 0) is 22.7 Å². The molecule has 2 aromatic heterocycles. The molecular weight excluding hydrogens is 330 g/mol. The van der Waals surface area contributed by atoms with Crippen LogP contribution in [0.25, 0.3) is 10.9 Å². The summed E-state index contributed by atoms with van der Waals surface area (Å²) in [6.45, 7) is 3.83. The Labute approximate surface area is 151 Å². The lowest BCUT2D eigenvalue weighted by Gasteiger charge is -2.15. The lowest BCUT2D eigenvalue weighted by molar-refractivity contribution is -0.128. The van der Waals surface area contributed by atoms with E-state index in [1.807, 2.05) is 36.5 Å². The number of likely N-dealkylation sites (tertiary alicyclic amines) is 1. The average molecular weight is 351 g/mol. The molecule has 3 aromatic rings. The van der Waals surface area contributed by atoms with Crippen LogP contribution >= 0.6 is 0 Å². The van der Waals surface area contributed by atoms with Crippen LogP contribution in [0.1, 0.15) is 19.1 Å². The first kappa shape index (κ1) is 16.4. The van der Waals surface area contributed by atoms with Gasteiger partial charge in [0.2, 0.25) is 11.8 Å². The lowest BCUT2D eigenvalue weighted by atomic mass is 10.1. The Hall–Kier alpha value is -3.02. The van der Waals surface area contributed by atoms with Crippen LogP contribution < -0.4 is 5.32 Å². The normalized spacial score (nSPS) is 17.2. The predicted molar refractivity (Wildman–Crippen MR) is 98.5 cm³/mol. The molecule has 0 bridgehead atoms. The maximum atomic E-state index is 12.6. The SMILES string of the molecule is CCn1ccc2cc(NC(=O)C3CC(=O)N(Cc4ccco4)C3)ccc21. The van der Waals surface area contributed by atoms with E-state index in [2.05, 4.69) is 16.8 Å². The third-order valence-corrected chi connectivity index (χ3v) is 4.89. The van der Waals surface area contributed by atoms with Gasteiger partial charge in [-0.2, -0.15) is 0 Å². The zero-order chi connectivity index (χ0) is 18.1. The largest absolute Gasteiger partial charge is 0.467 e. The van der Waals surface area contributed by atoms with Crippen molar-refractivity contribution < 1.29 is 14.0 Å². The lowest BCUT2D eigenvalue weighted by Crippen LogP contribution is -2.27. The molecule has 1 aromatic carbocycles. The van der Waals surface area contributed by atoms with Crippen LogP contribution in [0, 0.1) is 5.92 Å². The fourth-order valence-corrected chi connectivity index (χ4v) is 3.49. The number of rotatable bonds is 5. The Morgan fingerprint density at radius 1 is 1.31 bits per heavy atom. The zero-order valence-electron chi connectivity index (χ0n) is 14.6. The van der Waals surface area contributed by atoms with Gasteiger partial charge >= 0.3 is 0 Å². The molecule has 0 radical (unpaired) electrons. The molecule has 1 N–H and O–H groups in total. The van der Waals surface area contributed by atoms with Gasteiger partial charge in [-0.3, -0.25) is 9.59 Å². The van der Waals surface area contributed by atoms with Crippen LogP contribution in [0.3, 0.4) is 0 Å². The topological polar surface area (TPSA) is 67.5 Å². The minimum absolute atomic E-state index is 0.0166. The molecule has 2 amide bonds. The first-order valence-electron chi connectivity index (χ1n) is 8.84. The molecule has 6 nitrogen and oxygen atoms in total. The van der Waals surface area contributed by atoms with Crippen LogP contribution in [-0.4, -0.2) is 27.8 Å². The van der Waals surface area contributed by atoms with Crippen LogP contribution in [0.15, 0.2) is 53.3 Å². The third kappa shape index (κ3) is 3.10. The summed E-state index contributed by atoms with van der Waals surface area (Å²) in [6, 6.07) is 11.6. The number of carbonyl (C=O) groups excluding carboxylic acids is 2. The Morgan fingerprint density at radius 2 is 2.19 bits per heavy atom. The highest BCUT2D eigenvalue weighted by molar-refractivity contribution is 5.98. The second kappa shape index (κ2) is 6.71. The standard InChI is InChI=1S/C20H21N3O3/c1-2-22-8-7-14-10-16(5-6-18(14)22)21-20(25)15-11-19(24)23(12-15)13-17-4-3-9-26-17/h3-10,15H,2,11-13H2,1H3,(H,21,25). The van der Waals surface area contributed by atoms with E-state index in [1.165, 1.54) is 0 Å². The quantitative estimate of drug-likeness (QED) is 0.767. The van der Waals surface area contributed by atoms with Crippen LogP contribution in [0.4, 0.5) is 5.69 Å². The van der Waals surface area contributed by atoms with E-state index in [9.17, 15) is 9.59 Å². The summed E-state index contributed by atoms with van der Waals surface area (Å²) < 4.78 is 7.45. The monoisotopic (exact) mass is 351 g/mol. The number of nitrogens with zero attached hydrogens (tertiary/aromatic N) is 2. The molecule has 1 atom stereocenters. The Kier molecular flexibility index (Phi) is 4.24. The number of aryl methyl sites for hydroxylation is 1. The van der Waals surface area contributed by atoms with Gasteiger partial charge in [-0.1, -0.05) is 0 Å². The number of fused-ring (bicyclic) bond motifs is 1. The summed E-state index contributed by atoms with van der Waals surface area (Å²) in [5.41, 5.74) is 1.90. The van der Waals surface area contributed by atoms with E-state index < -0.39 is 0 Å². The van der Waals surface area contributed by atoms with Gasteiger partial charge in [0.05, 0.1) is 18.7 Å². The highest BCUT2D eigenvalue weighted by Crippen LogP contribution is 2.24. The van der Waals surface area contributed by atoms with Crippen molar-refractivity contribution in [2.24, 2.45) is 5.92 Å². The van der Waals surface area contributed by atoms with Crippen molar-refractivity contribution in [2.45, 2.75) is 26.4 Å². The number of furan rings is 1. The van der Waals surface area contributed by atoms with Crippen molar-refractivity contribution in [2.75, 3.05) is 11.9 Å². The van der Waals surface area contributed by atoms with Gasteiger partial charge in [-0.15, -0.1) is 0 Å². The molecular formula is C20H21N3O3. The van der Waals surface area contributed by atoms with E-state index in [1.54, 1.807) is 17.2 Å². The molecule has 1 aliphatic heterocycles. The molecule has 1 saturated heterocycles. The first-order valence-corrected chi connectivity index (χ1v) is 8.84. The summed E-state index contributed by atoms with van der Waals surface area (Å²) in [5, 5.41) is 4.04. The van der Waals surface area contributed by atoms with Crippen LogP contribution in [0.5, 0.6) is 0 Å². The highest BCUT2D eigenvalue weighted by atomic mass is 16.3. The van der Waals surface area contributed by atoms with Crippen molar-refractivity contribution in [3.63, 3.8) is 0 Å². The fraction of sp³-hybridized carbons (Fsp3) is 0.300. The molecule has 0 spiro atoms. The van der Waals surface area contributed by atoms with Gasteiger partial charge < -0.3 is 19.2 Å². The van der Waals surface area contributed by atoms with E-state index in [-0.39, 0.29) is 24.2 Å². The first-order chi connectivity index (χ1) is 12.6. The Morgan fingerprint density at radius 3 is 2.96 bits per heavy atom. The predicted octanol–water partition coefficient (Wildman–Crippen LogP) is 3.24. The molecule has 0 aliphatic carbocycles. The van der Waals surface area contributed by atoms with E-state index in [0.717, 1.165) is 28.9 Å². The molecule has 26 heavy (non-hydrogen) atoms. The van der Waals surface area contributed by atoms with Gasteiger partial charge in [-0.05, 0) is 43.3 Å². The second-order valence-electron chi connectivity index (χ2n) is 6.62. The minimum atomic E-state index is -0.339. The number of amides is 2. The number of benzene rings is 1.